The van der Waals surface area contributed by atoms with E-state index in [1.807, 2.05) is 25.1 Å². The molecular formula is C32H39N3O6SSi. The maximum absolute atomic E-state index is 14.1. The summed E-state index contributed by atoms with van der Waals surface area (Å²) >= 11 is 0. The number of hydrogen-bond acceptors (Lipinski definition) is 7. The number of nitrogens with zero attached hydrogens (tertiary/aromatic N) is 3. The number of fused-ring (bicyclic) bond motifs is 1. The summed E-state index contributed by atoms with van der Waals surface area (Å²) in [4.78, 5) is 31.4. The van der Waals surface area contributed by atoms with Gasteiger partial charge in [0.25, 0.3) is 15.6 Å². The van der Waals surface area contributed by atoms with Gasteiger partial charge in [-0.25, -0.2) is 17.2 Å². The second-order valence-corrected chi connectivity index (χ2v) is 18.6. The lowest BCUT2D eigenvalue weighted by Gasteiger charge is -2.35. The minimum Gasteiger partial charge on any atom is -0.461 e. The molecule has 0 saturated heterocycles. The fraction of sp³-hybridized carbons (Fsp3) is 0.344. The van der Waals surface area contributed by atoms with Crippen LogP contribution in [0.1, 0.15) is 55.0 Å². The lowest BCUT2D eigenvalue weighted by Crippen LogP contribution is -2.40. The maximum atomic E-state index is 14.1. The topological polar surface area (TPSA) is 109 Å². The zero-order valence-electron chi connectivity index (χ0n) is 26.0. The largest absolute Gasteiger partial charge is 0.461 e. The molecule has 228 valence electrons. The van der Waals surface area contributed by atoms with E-state index in [-0.39, 0.29) is 39.7 Å². The molecule has 0 spiro atoms. The van der Waals surface area contributed by atoms with Gasteiger partial charge >= 0.3 is 5.97 Å². The molecular weight excluding hydrogens is 583 g/mol. The Morgan fingerprint density at radius 1 is 1.09 bits per heavy atom. The van der Waals surface area contributed by atoms with Crippen LogP contribution in [0.2, 0.25) is 18.1 Å². The Hall–Kier alpha value is -3.80. The first kappa shape index (κ1) is 32.1. The summed E-state index contributed by atoms with van der Waals surface area (Å²) in [6.07, 6.45) is 5.20. The van der Waals surface area contributed by atoms with E-state index < -0.39 is 29.9 Å². The van der Waals surface area contributed by atoms with Crippen molar-refractivity contribution in [3.05, 3.63) is 99.9 Å². The van der Waals surface area contributed by atoms with Crippen LogP contribution in [-0.4, -0.2) is 49.4 Å². The average Bonchev–Trinajstić information content (AvgIpc) is 3.36. The number of hydrogen-bond donors (Lipinski definition) is 0. The van der Waals surface area contributed by atoms with E-state index in [4.69, 9.17) is 9.16 Å². The lowest BCUT2D eigenvalue weighted by atomic mass is 10.00. The van der Waals surface area contributed by atoms with Gasteiger partial charge in [0.15, 0.2) is 8.32 Å². The molecule has 0 aliphatic heterocycles. The zero-order valence-corrected chi connectivity index (χ0v) is 27.8. The SMILES string of the molecule is CCOC(=O)c1cc2c(C(=CCO[Si](C)(C)C(C)(C)C)c3ccccn3)cn(C)c(=O)c2n1S(=O)(=O)c1ccc(C)cc1. The van der Waals surface area contributed by atoms with E-state index in [0.29, 0.717) is 16.8 Å². The highest BCUT2D eigenvalue weighted by atomic mass is 32.2. The van der Waals surface area contributed by atoms with E-state index in [0.717, 1.165) is 9.54 Å². The molecule has 0 saturated carbocycles. The van der Waals surface area contributed by atoms with Crippen molar-refractivity contribution in [3.8, 4) is 0 Å². The Bertz CT molecular complexity index is 1850. The Morgan fingerprint density at radius 3 is 2.35 bits per heavy atom. The van der Waals surface area contributed by atoms with Crippen molar-refractivity contribution in [1.29, 1.82) is 0 Å². The van der Waals surface area contributed by atoms with Crippen molar-refractivity contribution in [1.82, 2.24) is 13.5 Å². The van der Waals surface area contributed by atoms with Crippen molar-refractivity contribution >= 4 is 40.8 Å². The van der Waals surface area contributed by atoms with Crippen LogP contribution < -0.4 is 5.56 Å². The second-order valence-electron chi connectivity index (χ2n) is 12.0. The minimum absolute atomic E-state index is 0.00793. The van der Waals surface area contributed by atoms with Crippen LogP contribution in [0.4, 0.5) is 0 Å². The third kappa shape index (κ3) is 6.29. The normalized spacial score (nSPS) is 13.0. The first-order valence-electron chi connectivity index (χ1n) is 14.1. The van der Waals surface area contributed by atoms with Gasteiger partial charge in [-0.15, -0.1) is 0 Å². The van der Waals surface area contributed by atoms with E-state index >= 15 is 0 Å². The van der Waals surface area contributed by atoms with Gasteiger partial charge in [0, 0.05) is 36.0 Å². The van der Waals surface area contributed by atoms with Gasteiger partial charge in [0.05, 0.1) is 23.8 Å². The number of aryl methyl sites for hydroxylation is 2. The molecule has 0 radical (unpaired) electrons. The molecule has 3 heterocycles. The molecule has 0 amide bonds. The summed E-state index contributed by atoms with van der Waals surface area (Å²) in [7, 11) is -4.94. The highest BCUT2D eigenvalue weighted by molar-refractivity contribution is 7.90. The number of pyridine rings is 2. The Morgan fingerprint density at radius 2 is 1.77 bits per heavy atom. The Kier molecular flexibility index (Phi) is 9.01. The molecule has 43 heavy (non-hydrogen) atoms. The van der Waals surface area contributed by atoms with E-state index in [1.165, 1.54) is 22.8 Å². The number of esters is 1. The van der Waals surface area contributed by atoms with Crippen LogP contribution in [0, 0.1) is 6.92 Å². The number of carbonyl (C=O) groups excluding carboxylic acids is 1. The molecule has 9 nitrogen and oxygen atoms in total. The Labute approximate surface area is 254 Å². The van der Waals surface area contributed by atoms with E-state index in [1.54, 1.807) is 44.6 Å². The minimum atomic E-state index is -4.38. The maximum Gasteiger partial charge on any atom is 0.356 e. The number of aromatic nitrogens is 3. The molecule has 3 aromatic heterocycles. The van der Waals surface area contributed by atoms with Gasteiger partial charge in [0.2, 0.25) is 0 Å². The van der Waals surface area contributed by atoms with Crippen LogP contribution in [0.15, 0.2) is 76.7 Å². The smallest absolute Gasteiger partial charge is 0.356 e. The van der Waals surface area contributed by atoms with E-state index in [2.05, 4.69) is 38.8 Å². The second kappa shape index (κ2) is 12.1. The molecule has 0 aliphatic carbocycles. The Balaban J connectivity index is 2.05. The summed E-state index contributed by atoms with van der Waals surface area (Å²) < 4.78 is 42.1. The summed E-state index contributed by atoms with van der Waals surface area (Å²) in [6.45, 7) is 14.6. The van der Waals surface area contributed by atoms with Crippen LogP contribution in [0.5, 0.6) is 0 Å². The first-order chi connectivity index (χ1) is 20.1. The fourth-order valence-corrected chi connectivity index (χ4v) is 6.87. The number of ether oxygens (including phenoxy) is 1. The molecule has 0 bridgehead atoms. The quantitative estimate of drug-likeness (QED) is 0.169. The van der Waals surface area contributed by atoms with Crippen LogP contribution >= 0.6 is 0 Å². The molecule has 0 aliphatic rings. The van der Waals surface area contributed by atoms with Crippen molar-refractivity contribution < 1.29 is 22.4 Å². The van der Waals surface area contributed by atoms with E-state index in [9.17, 15) is 18.0 Å². The predicted octanol–water partition coefficient (Wildman–Crippen LogP) is 5.91. The third-order valence-corrected chi connectivity index (χ3v) is 14.1. The monoisotopic (exact) mass is 621 g/mol. The van der Waals surface area contributed by atoms with Gasteiger partial charge in [0.1, 0.15) is 11.2 Å². The van der Waals surface area contributed by atoms with Gasteiger partial charge in [-0.05, 0) is 62.3 Å². The predicted molar refractivity (Wildman–Crippen MR) is 171 cm³/mol. The van der Waals surface area contributed by atoms with Crippen molar-refractivity contribution in [2.45, 2.75) is 57.6 Å². The summed E-state index contributed by atoms with van der Waals surface area (Å²) in [5.74, 6) is -0.855. The lowest BCUT2D eigenvalue weighted by molar-refractivity contribution is 0.0518. The summed E-state index contributed by atoms with van der Waals surface area (Å²) in [6, 6.07) is 13.1. The molecule has 4 aromatic rings. The zero-order chi connectivity index (χ0) is 31.7. The molecule has 4 rings (SSSR count). The summed E-state index contributed by atoms with van der Waals surface area (Å²) in [5.41, 5.74) is 1.63. The van der Waals surface area contributed by atoms with Crippen molar-refractivity contribution in [3.63, 3.8) is 0 Å². The molecule has 0 unspecified atom stereocenters. The highest BCUT2D eigenvalue weighted by Gasteiger charge is 2.37. The number of rotatable bonds is 9. The first-order valence-corrected chi connectivity index (χ1v) is 18.5. The van der Waals surface area contributed by atoms with Crippen molar-refractivity contribution in [2.75, 3.05) is 13.2 Å². The van der Waals surface area contributed by atoms with Gasteiger partial charge in [-0.1, -0.05) is 50.6 Å². The molecule has 0 atom stereocenters. The average molecular weight is 622 g/mol. The molecule has 0 N–H and O–H groups in total. The van der Waals surface area contributed by atoms with Gasteiger partial charge in [-0.2, -0.15) is 0 Å². The third-order valence-electron chi connectivity index (χ3n) is 7.91. The highest BCUT2D eigenvalue weighted by Crippen LogP contribution is 2.37. The van der Waals surface area contributed by atoms with Crippen LogP contribution in [-0.2, 0) is 26.2 Å². The molecule has 1 aromatic carbocycles. The number of carbonyl (C=O) groups is 1. The van der Waals surface area contributed by atoms with Gasteiger partial charge in [-0.3, -0.25) is 9.78 Å². The van der Waals surface area contributed by atoms with Crippen molar-refractivity contribution in [2.24, 2.45) is 7.05 Å². The fourth-order valence-electron chi connectivity index (χ4n) is 4.44. The summed E-state index contributed by atoms with van der Waals surface area (Å²) in [5, 5.41) is 0.275. The molecule has 0 fully saturated rings. The van der Waals surface area contributed by atoms with Crippen LogP contribution in [0.25, 0.3) is 16.5 Å². The van der Waals surface area contributed by atoms with Gasteiger partial charge < -0.3 is 13.7 Å². The van der Waals surface area contributed by atoms with Crippen LogP contribution in [0.3, 0.4) is 0 Å². The standard InChI is InChI=1S/C32H39N3O6SSi/c1-9-40-31(37)28-20-25-26(24(27-12-10-11-18-33-27)17-19-41-43(7,8)32(3,4)5)21-34(6)30(36)29(25)35(28)42(38,39)23-15-13-22(2)14-16-23/h10-18,20-21H,9,19H2,1-8H3. The molecule has 11 heteroatoms. The number of benzene rings is 1.